The van der Waals surface area contributed by atoms with Gasteiger partial charge in [0.1, 0.15) is 6.42 Å². The zero-order valence-corrected chi connectivity index (χ0v) is 12.9. The average Bonchev–Trinajstić information content (AvgIpc) is 2.49. The van der Waals surface area contributed by atoms with Gasteiger partial charge in [0, 0.05) is 12.2 Å². The van der Waals surface area contributed by atoms with Gasteiger partial charge in [-0.3, -0.25) is 14.4 Å². The first-order chi connectivity index (χ1) is 11.0. The highest BCUT2D eigenvalue weighted by Gasteiger charge is 2.30. The van der Waals surface area contributed by atoms with Crippen LogP contribution in [0.5, 0.6) is 0 Å². The van der Waals surface area contributed by atoms with Crippen LogP contribution in [-0.2, 0) is 19.1 Å². The topological polar surface area (TPSA) is 95.9 Å². The van der Waals surface area contributed by atoms with E-state index in [9.17, 15) is 14.4 Å². The van der Waals surface area contributed by atoms with Crippen molar-refractivity contribution in [3.8, 4) is 0 Å². The third-order valence-electron chi connectivity index (χ3n) is 3.69. The van der Waals surface area contributed by atoms with Gasteiger partial charge in [-0.2, -0.15) is 0 Å². The van der Waals surface area contributed by atoms with Crippen molar-refractivity contribution in [2.75, 3.05) is 25.1 Å². The molecular formula is C16H20N2O5. The highest BCUT2D eigenvalue weighted by molar-refractivity contribution is 6.04. The molecule has 7 nitrogen and oxygen atoms in total. The Morgan fingerprint density at radius 3 is 2.78 bits per heavy atom. The van der Waals surface area contributed by atoms with Crippen molar-refractivity contribution in [1.82, 2.24) is 4.90 Å². The maximum absolute atomic E-state index is 12.3. The van der Waals surface area contributed by atoms with E-state index < -0.39 is 17.9 Å². The zero-order valence-electron chi connectivity index (χ0n) is 12.9. The normalized spacial score (nSPS) is 17.6. The van der Waals surface area contributed by atoms with E-state index in [-0.39, 0.29) is 25.4 Å². The molecule has 1 aromatic rings. The maximum Gasteiger partial charge on any atom is 0.305 e. The minimum absolute atomic E-state index is 0.178. The summed E-state index contributed by atoms with van der Waals surface area (Å²) in [6, 6.07) is 6.76. The number of morpholine rings is 1. The summed E-state index contributed by atoms with van der Waals surface area (Å²) in [6.07, 6.45) is -0.504. The van der Waals surface area contributed by atoms with Gasteiger partial charge < -0.3 is 20.1 Å². The molecule has 1 heterocycles. The Kier molecular flexibility index (Phi) is 5.70. The number of nitrogens with one attached hydrogen (secondary N) is 1. The van der Waals surface area contributed by atoms with Crippen LogP contribution < -0.4 is 5.32 Å². The van der Waals surface area contributed by atoms with Crippen LogP contribution >= 0.6 is 0 Å². The second-order valence-electron chi connectivity index (χ2n) is 5.45. The molecule has 1 atom stereocenters. The van der Waals surface area contributed by atoms with E-state index in [1.54, 1.807) is 12.1 Å². The van der Waals surface area contributed by atoms with Gasteiger partial charge >= 0.3 is 5.97 Å². The third-order valence-corrected chi connectivity index (χ3v) is 3.69. The first kappa shape index (κ1) is 17.0. The van der Waals surface area contributed by atoms with E-state index in [1.165, 1.54) is 4.90 Å². The van der Waals surface area contributed by atoms with Crippen LogP contribution in [0.3, 0.4) is 0 Å². The number of rotatable bonds is 5. The molecule has 124 valence electrons. The van der Waals surface area contributed by atoms with E-state index in [1.807, 2.05) is 19.1 Å². The van der Waals surface area contributed by atoms with Gasteiger partial charge in [0.05, 0.1) is 25.7 Å². The summed E-state index contributed by atoms with van der Waals surface area (Å²) >= 11 is 0. The minimum Gasteiger partial charge on any atom is -0.481 e. The monoisotopic (exact) mass is 320 g/mol. The van der Waals surface area contributed by atoms with Crippen LogP contribution in [-0.4, -0.2) is 53.6 Å². The lowest BCUT2D eigenvalue weighted by Gasteiger charge is -2.34. The summed E-state index contributed by atoms with van der Waals surface area (Å²) in [4.78, 5) is 36.6. The summed E-state index contributed by atoms with van der Waals surface area (Å²) < 4.78 is 5.22. The highest BCUT2D eigenvalue weighted by atomic mass is 16.5. The molecule has 1 aliphatic rings. The van der Waals surface area contributed by atoms with E-state index in [0.29, 0.717) is 18.8 Å². The van der Waals surface area contributed by atoms with Gasteiger partial charge in [-0.15, -0.1) is 0 Å². The average molecular weight is 320 g/mol. The molecule has 2 rings (SSSR count). The number of carboxylic acids is 1. The number of carboxylic acid groups (broad SMARTS) is 1. The van der Waals surface area contributed by atoms with Gasteiger partial charge in [0.25, 0.3) is 0 Å². The number of nitrogens with zero attached hydrogens (tertiary/aromatic N) is 1. The first-order valence-corrected chi connectivity index (χ1v) is 7.42. The quantitative estimate of drug-likeness (QED) is 0.790. The van der Waals surface area contributed by atoms with Crippen LogP contribution in [0.15, 0.2) is 24.3 Å². The standard InChI is InChI=1S/C16H20N2O5/c1-11-4-2-3-5-13(11)17-14(19)9-15(20)18-6-7-23-10-12(18)8-16(21)22/h2-5,12H,6-10H2,1H3,(H,17,19)(H,21,22). The van der Waals surface area contributed by atoms with Gasteiger partial charge in [-0.05, 0) is 18.6 Å². The number of para-hydroxylation sites is 1. The molecule has 1 unspecified atom stereocenters. The van der Waals surface area contributed by atoms with Gasteiger partial charge in [-0.1, -0.05) is 18.2 Å². The van der Waals surface area contributed by atoms with Crippen molar-refractivity contribution in [3.05, 3.63) is 29.8 Å². The molecule has 2 amide bonds. The number of anilines is 1. The second-order valence-corrected chi connectivity index (χ2v) is 5.45. The Bertz CT molecular complexity index is 602. The fourth-order valence-electron chi connectivity index (χ4n) is 2.50. The lowest BCUT2D eigenvalue weighted by atomic mass is 10.1. The Hall–Kier alpha value is -2.41. The molecule has 2 N–H and O–H groups in total. The largest absolute Gasteiger partial charge is 0.481 e. The zero-order chi connectivity index (χ0) is 16.8. The van der Waals surface area contributed by atoms with Gasteiger partial charge in [-0.25, -0.2) is 0 Å². The number of hydrogen-bond donors (Lipinski definition) is 2. The van der Waals surface area contributed by atoms with Crippen LogP contribution in [0.25, 0.3) is 0 Å². The van der Waals surface area contributed by atoms with E-state index >= 15 is 0 Å². The van der Waals surface area contributed by atoms with E-state index in [2.05, 4.69) is 5.32 Å². The Morgan fingerprint density at radius 1 is 1.35 bits per heavy atom. The summed E-state index contributed by atoms with van der Waals surface area (Å²) in [5.74, 6) is -1.79. The summed E-state index contributed by atoms with van der Waals surface area (Å²) in [6.45, 7) is 2.69. The maximum atomic E-state index is 12.3. The van der Waals surface area contributed by atoms with Crippen molar-refractivity contribution >= 4 is 23.5 Å². The van der Waals surface area contributed by atoms with E-state index in [4.69, 9.17) is 9.84 Å². The Morgan fingerprint density at radius 2 is 2.09 bits per heavy atom. The summed E-state index contributed by atoms with van der Waals surface area (Å²) in [7, 11) is 0. The number of benzene rings is 1. The molecule has 0 aromatic heterocycles. The lowest BCUT2D eigenvalue weighted by Crippen LogP contribution is -2.50. The SMILES string of the molecule is Cc1ccccc1NC(=O)CC(=O)N1CCOCC1CC(=O)O. The van der Waals surface area contributed by atoms with E-state index in [0.717, 1.165) is 5.56 Å². The number of carbonyl (C=O) groups excluding carboxylic acids is 2. The number of hydrogen-bond acceptors (Lipinski definition) is 4. The molecule has 0 bridgehead atoms. The van der Waals surface area contributed by atoms with Crippen molar-refractivity contribution in [2.24, 2.45) is 0 Å². The predicted molar refractivity (Wildman–Crippen MR) is 83.0 cm³/mol. The molecule has 1 fully saturated rings. The molecule has 0 radical (unpaired) electrons. The van der Waals surface area contributed by atoms with Crippen molar-refractivity contribution < 1.29 is 24.2 Å². The fourth-order valence-corrected chi connectivity index (χ4v) is 2.50. The Balaban J connectivity index is 1.95. The lowest BCUT2D eigenvalue weighted by molar-refractivity contribution is -0.147. The highest BCUT2D eigenvalue weighted by Crippen LogP contribution is 2.15. The third kappa shape index (κ3) is 4.79. The fraction of sp³-hybridized carbons (Fsp3) is 0.438. The molecule has 0 spiro atoms. The molecule has 0 saturated carbocycles. The number of amides is 2. The number of ether oxygens (including phenoxy) is 1. The molecule has 7 heteroatoms. The van der Waals surface area contributed by atoms with Crippen LogP contribution in [0.1, 0.15) is 18.4 Å². The van der Waals surface area contributed by atoms with Crippen molar-refractivity contribution in [3.63, 3.8) is 0 Å². The molecule has 1 aromatic carbocycles. The van der Waals surface area contributed by atoms with Crippen molar-refractivity contribution in [2.45, 2.75) is 25.8 Å². The predicted octanol–water partition coefficient (Wildman–Crippen LogP) is 1.03. The Labute approximate surface area is 134 Å². The molecule has 1 aliphatic heterocycles. The summed E-state index contributed by atoms with van der Waals surface area (Å²) in [5, 5.41) is 11.6. The van der Waals surface area contributed by atoms with Gasteiger partial charge in [0.2, 0.25) is 11.8 Å². The molecule has 0 aliphatic carbocycles. The molecule has 1 saturated heterocycles. The minimum atomic E-state index is -0.998. The first-order valence-electron chi connectivity index (χ1n) is 7.42. The molecule has 23 heavy (non-hydrogen) atoms. The van der Waals surface area contributed by atoms with Crippen LogP contribution in [0.4, 0.5) is 5.69 Å². The number of aliphatic carboxylic acids is 1. The van der Waals surface area contributed by atoms with Gasteiger partial charge in [0.15, 0.2) is 0 Å². The number of aryl methyl sites for hydroxylation is 1. The van der Waals surface area contributed by atoms with Crippen molar-refractivity contribution in [1.29, 1.82) is 0 Å². The smallest absolute Gasteiger partial charge is 0.305 e. The second kappa shape index (κ2) is 7.73. The number of carbonyl (C=O) groups is 3. The van der Waals surface area contributed by atoms with Crippen LogP contribution in [0.2, 0.25) is 0 Å². The summed E-state index contributed by atoms with van der Waals surface area (Å²) in [5.41, 5.74) is 1.57. The van der Waals surface area contributed by atoms with Crippen LogP contribution in [0, 0.1) is 6.92 Å². The molecular weight excluding hydrogens is 300 g/mol.